The van der Waals surface area contributed by atoms with Crippen LogP contribution < -0.4 is 5.32 Å². The van der Waals surface area contributed by atoms with Crippen molar-refractivity contribution in [2.75, 3.05) is 5.32 Å². The summed E-state index contributed by atoms with van der Waals surface area (Å²) in [5.41, 5.74) is 6.34. The predicted octanol–water partition coefficient (Wildman–Crippen LogP) is 2.96. The van der Waals surface area contributed by atoms with Gasteiger partial charge < -0.3 is 5.32 Å². The number of nitrogens with zero attached hydrogens (tertiary/aromatic N) is 2. The Balaban J connectivity index is 2.14. The van der Waals surface area contributed by atoms with E-state index in [1.807, 2.05) is 24.1 Å². The second kappa shape index (κ2) is 4.62. The zero-order valence-electron chi connectivity index (χ0n) is 10.9. The number of nitrogens with one attached hydrogen (secondary N) is 1. The average molecular weight is 229 g/mol. The molecular weight excluding hydrogens is 210 g/mol. The highest BCUT2D eigenvalue weighted by Gasteiger charge is 2.04. The molecule has 0 radical (unpaired) electrons. The minimum atomic E-state index is 0.818. The van der Waals surface area contributed by atoms with Crippen LogP contribution in [0.15, 0.2) is 24.5 Å². The summed E-state index contributed by atoms with van der Waals surface area (Å²) < 4.78 is 1.83. The van der Waals surface area contributed by atoms with Crippen molar-refractivity contribution < 1.29 is 0 Å². The van der Waals surface area contributed by atoms with Gasteiger partial charge in [-0.15, -0.1) is 0 Å². The van der Waals surface area contributed by atoms with Crippen LogP contribution in [0.4, 0.5) is 5.69 Å². The zero-order valence-corrected chi connectivity index (χ0v) is 10.9. The van der Waals surface area contributed by atoms with Crippen molar-refractivity contribution in [1.29, 1.82) is 0 Å². The largest absolute Gasteiger partial charge is 0.380 e. The third-order valence-corrected chi connectivity index (χ3v) is 2.90. The van der Waals surface area contributed by atoms with Crippen LogP contribution in [0, 0.1) is 20.8 Å². The van der Waals surface area contributed by atoms with E-state index in [4.69, 9.17) is 0 Å². The van der Waals surface area contributed by atoms with Gasteiger partial charge in [-0.05, 0) is 31.9 Å². The minimum Gasteiger partial charge on any atom is -0.380 e. The van der Waals surface area contributed by atoms with Crippen molar-refractivity contribution in [1.82, 2.24) is 9.78 Å². The molecule has 2 rings (SSSR count). The van der Waals surface area contributed by atoms with Gasteiger partial charge in [0.05, 0.1) is 6.20 Å². The number of aryl methyl sites for hydroxylation is 4. The van der Waals surface area contributed by atoms with Crippen molar-refractivity contribution >= 4 is 5.69 Å². The van der Waals surface area contributed by atoms with Crippen LogP contribution in [-0.2, 0) is 13.6 Å². The first-order valence-electron chi connectivity index (χ1n) is 5.85. The van der Waals surface area contributed by atoms with Crippen LogP contribution in [0.5, 0.6) is 0 Å². The molecular formula is C14H19N3. The summed E-state index contributed by atoms with van der Waals surface area (Å²) in [6.07, 6.45) is 3.93. The number of benzene rings is 1. The number of rotatable bonds is 3. The number of hydrogen-bond donors (Lipinski definition) is 1. The lowest BCUT2D eigenvalue weighted by Crippen LogP contribution is -2.02. The van der Waals surface area contributed by atoms with Crippen LogP contribution in [0.25, 0.3) is 0 Å². The minimum absolute atomic E-state index is 0.818. The molecule has 0 saturated heterocycles. The lowest BCUT2D eigenvalue weighted by molar-refractivity contribution is 0.767. The van der Waals surface area contributed by atoms with E-state index in [9.17, 15) is 0 Å². The quantitative estimate of drug-likeness (QED) is 0.877. The number of anilines is 1. The summed E-state index contributed by atoms with van der Waals surface area (Å²) in [5, 5.41) is 7.65. The fraction of sp³-hybridized carbons (Fsp3) is 0.357. The third kappa shape index (κ3) is 2.67. The van der Waals surface area contributed by atoms with Crippen molar-refractivity contribution in [2.45, 2.75) is 27.3 Å². The molecule has 0 amide bonds. The van der Waals surface area contributed by atoms with E-state index < -0.39 is 0 Å². The Morgan fingerprint density at radius 2 is 1.82 bits per heavy atom. The standard InChI is InChI=1S/C14H19N3/c1-10-5-11(2)14(12(3)6-10)15-7-13-8-16-17(4)9-13/h5-6,8-9,15H,7H2,1-4H3. The van der Waals surface area contributed by atoms with E-state index in [-0.39, 0.29) is 0 Å². The Morgan fingerprint density at radius 1 is 1.18 bits per heavy atom. The molecule has 1 aromatic heterocycles. The molecule has 0 atom stereocenters. The van der Waals surface area contributed by atoms with Gasteiger partial charge in [0.2, 0.25) is 0 Å². The van der Waals surface area contributed by atoms with Crippen LogP contribution in [0.3, 0.4) is 0 Å². The summed E-state index contributed by atoms with van der Waals surface area (Å²) >= 11 is 0. The van der Waals surface area contributed by atoms with E-state index in [0.29, 0.717) is 0 Å². The van der Waals surface area contributed by atoms with Gasteiger partial charge in [0, 0.05) is 31.0 Å². The normalized spacial score (nSPS) is 10.6. The second-order valence-corrected chi connectivity index (χ2v) is 4.65. The molecule has 0 unspecified atom stereocenters. The first-order chi connectivity index (χ1) is 8.06. The Bertz CT molecular complexity index is 503. The second-order valence-electron chi connectivity index (χ2n) is 4.65. The number of aromatic nitrogens is 2. The monoisotopic (exact) mass is 229 g/mol. The zero-order chi connectivity index (χ0) is 12.4. The highest BCUT2D eigenvalue weighted by molar-refractivity contribution is 5.58. The summed E-state index contributed by atoms with van der Waals surface area (Å²) in [5.74, 6) is 0. The predicted molar refractivity (Wildman–Crippen MR) is 71.2 cm³/mol. The topological polar surface area (TPSA) is 29.9 Å². The first-order valence-corrected chi connectivity index (χ1v) is 5.85. The molecule has 0 aliphatic heterocycles. The van der Waals surface area contributed by atoms with Gasteiger partial charge in [0.15, 0.2) is 0 Å². The van der Waals surface area contributed by atoms with Gasteiger partial charge in [-0.25, -0.2) is 0 Å². The molecule has 2 aromatic rings. The van der Waals surface area contributed by atoms with E-state index in [1.54, 1.807) is 0 Å². The maximum atomic E-state index is 4.16. The molecule has 0 spiro atoms. The fourth-order valence-electron chi connectivity index (χ4n) is 2.21. The molecule has 17 heavy (non-hydrogen) atoms. The molecule has 90 valence electrons. The molecule has 0 aliphatic rings. The van der Waals surface area contributed by atoms with Crippen LogP contribution in [0.1, 0.15) is 22.3 Å². The number of hydrogen-bond acceptors (Lipinski definition) is 2. The molecule has 0 fully saturated rings. The molecule has 1 aromatic carbocycles. The Hall–Kier alpha value is -1.77. The molecule has 3 heteroatoms. The van der Waals surface area contributed by atoms with Gasteiger partial charge in [-0.3, -0.25) is 4.68 Å². The van der Waals surface area contributed by atoms with Crippen LogP contribution in [0.2, 0.25) is 0 Å². The van der Waals surface area contributed by atoms with E-state index in [2.05, 4.69) is 43.3 Å². The molecule has 1 N–H and O–H groups in total. The molecule has 0 aliphatic carbocycles. The summed E-state index contributed by atoms with van der Waals surface area (Å²) in [4.78, 5) is 0. The molecule has 1 heterocycles. The molecule has 3 nitrogen and oxygen atoms in total. The SMILES string of the molecule is Cc1cc(C)c(NCc2cnn(C)c2)c(C)c1. The van der Waals surface area contributed by atoms with Crippen LogP contribution in [-0.4, -0.2) is 9.78 Å². The van der Waals surface area contributed by atoms with Gasteiger partial charge in [0.25, 0.3) is 0 Å². The van der Waals surface area contributed by atoms with Crippen molar-refractivity contribution in [2.24, 2.45) is 7.05 Å². The van der Waals surface area contributed by atoms with Crippen LogP contribution >= 0.6 is 0 Å². The molecule has 0 saturated carbocycles. The van der Waals surface area contributed by atoms with Gasteiger partial charge in [-0.1, -0.05) is 17.7 Å². The fourth-order valence-corrected chi connectivity index (χ4v) is 2.21. The maximum absolute atomic E-state index is 4.16. The van der Waals surface area contributed by atoms with Gasteiger partial charge >= 0.3 is 0 Å². The Labute approximate surface area is 102 Å². The maximum Gasteiger partial charge on any atom is 0.0539 e. The van der Waals surface area contributed by atoms with Gasteiger partial charge in [-0.2, -0.15) is 5.10 Å². The highest BCUT2D eigenvalue weighted by atomic mass is 15.2. The summed E-state index contributed by atoms with van der Waals surface area (Å²) in [6.45, 7) is 7.24. The van der Waals surface area contributed by atoms with E-state index in [1.165, 1.54) is 27.9 Å². The van der Waals surface area contributed by atoms with Crippen molar-refractivity contribution in [3.05, 3.63) is 46.8 Å². The van der Waals surface area contributed by atoms with E-state index >= 15 is 0 Å². The lowest BCUT2D eigenvalue weighted by Gasteiger charge is -2.13. The third-order valence-electron chi connectivity index (χ3n) is 2.90. The van der Waals surface area contributed by atoms with Crippen molar-refractivity contribution in [3.63, 3.8) is 0 Å². The smallest absolute Gasteiger partial charge is 0.0539 e. The summed E-state index contributed by atoms with van der Waals surface area (Å²) in [7, 11) is 1.94. The van der Waals surface area contributed by atoms with Crippen molar-refractivity contribution in [3.8, 4) is 0 Å². The average Bonchev–Trinajstić information content (AvgIpc) is 2.62. The molecule has 0 bridgehead atoms. The van der Waals surface area contributed by atoms with Gasteiger partial charge in [0.1, 0.15) is 0 Å². The Morgan fingerprint density at radius 3 is 2.35 bits per heavy atom. The van der Waals surface area contributed by atoms with E-state index in [0.717, 1.165) is 6.54 Å². The first kappa shape index (κ1) is 11.7. The summed E-state index contributed by atoms with van der Waals surface area (Å²) in [6, 6.07) is 4.41. The lowest BCUT2D eigenvalue weighted by atomic mass is 10.1. The Kier molecular flexibility index (Phi) is 3.18. The highest BCUT2D eigenvalue weighted by Crippen LogP contribution is 2.22.